The number of pyridine rings is 1. The van der Waals surface area contributed by atoms with Crippen LogP contribution in [0.2, 0.25) is 0 Å². The minimum atomic E-state index is 0.697. The molecular weight excluding hydrogens is 234 g/mol. The molecule has 3 nitrogen and oxygen atoms in total. The summed E-state index contributed by atoms with van der Waals surface area (Å²) < 4.78 is 0. The second kappa shape index (κ2) is 6.90. The van der Waals surface area contributed by atoms with E-state index in [9.17, 15) is 0 Å². The highest BCUT2D eigenvalue weighted by atomic mass is 15.2. The summed E-state index contributed by atoms with van der Waals surface area (Å²) in [7, 11) is 0. The summed E-state index contributed by atoms with van der Waals surface area (Å²) in [5.41, 5.74) is 8.15. The zero-order chi connectivity index (χ0) is 13.7. The number of aryl methyl sites for hydroxylation is 1. The third-order valence-corrected chi connectivity index (χ3v) is 4.26. The lowest BCUT2D eigenvalue weighted by Crippen LogP contribution is -2.26. The van der Waals surface area contributed by atoms with Gasteiger partial charge in [-0.3, -0.25) is 0 Å². The van der Waals surface area contributed by atoms with E-state index in [-0.39, 0.29) is 0 Å². The molecule has 1 aliphatic rings. The van der Waals surface area contributed by atoms with Crippen molar-refractivity contribution in [2.75, 3.05) is 24.5 Å². The third-order valence-electron chi connectivity index (χ3n) is 4.26. The maximum Gasteiger partial charge on any atom is 0.131 e. The molecule has 1 unspecified atom stereocenters. The first-order valence-corrected chi connectivity index (χ1v) is 7.65. The van der Waals surface area contributed by atoms with Crippen LogP contribution in [0.4, 0.5) is 5.82 Å². The molecule has 1 aliphatic heterocycles. The van der Waals surface area contributed by atoms with Crippen LogP contribution in [0.25, 0.3) is 0 Å². The van der Waals surface area contributed by atoms with Crippen molar-refractivity contribution in [1.29, 1.82) is 0 Å². The molecule has 1 saturated heterocycles. The number of aromatic nitrogens is 1. The van der Waals surface area contributed by atoms with Crippen LogP contribution in [0.15, 0.2) is 12.3 Å². The van der Waals surface area contributed by atoms with Gasteiger partial charge in [-0.2, -0.15) is 0 Å². The van der Waals surface area contributed by atoms with Gasteiger partial charge >= 0.3 is 0 Å². The first-order valence-electron chi connectivity index (χ1n) is 7.65. The van der Waals surface area contributed by atoms with Gasteiger partial charge in [0.25, 0.3) is 0 Å². The Morgan fingerprint density at radius 3 is 2.89 bits per heavy atom. The van der Waals surface area contributed by atoms with E-state index in [4.69, 9.17) is 5.73 Å². The SMILES string of the molecule is CCC1CCCN(c2ncc(CCN)cc2C)CC1. The van der Waals surface area contributed by atoms with Gasteiger partial charge in [-0.15, -0.1) is 0 Å². The number of anilines is 1. The van der Waals surface area contributed by atoms with E-state index in [1.165, 1.54) is 42.6 Å². The molecule has 1 aromatic heterocycles. The molecule has 2 heterocycles. The quantitative estimate of drug-likeness (QED) is 0.906. The number of hydrogen-bond acceptors (Lipinski definition) is 3. The van der Waals surface area contributed by atoms with E-state index in [0.717, 1.165) is 25.4 Å². The third kappa shape index (κ3) is 3.69. The van der Waals surface area contributed by atoms with Crippen molar-refractivity contribution in [3.05, 3.63) is 23.4 Å². The average molecular weight is 261 g/mol. The number of hydrogen-bond donors (Lipinski definition) is 1. The van der Waals surface area contributed by atoms with Crippen LogP contribution < -0.4 is 10.6 Å². The predicted octanol–water partition coefficient (Wildman–Crippen LogP) is 2.91. The van der Waals surface area contributed by atoms with E-state index in [1.54, 1.807) is 0 Å². The molecule has 0 aromatic carbocycles. The number of nitrogens with two attached hydrogens (primary N) is 1. The molecule has 19 heavy (non-hydrogen) atoms. The van der Waals surface area contributed by atoms with Gasteiger partial charge in [0.05, 0.1) is 0 Å². The molecule has 0 saturated carbocycles. The summed E-state index contributed by atoms with van der Waals surface area (Å²) >= 11 is 0. The molecule has 106 valence electrons. The lowest BCUT2D eigenvalue weighted by molar-refractivity contribution is 0.459. The number of nitrogens with zero attached hydrogens (tertiary/aromatic N) is 2. The number of rotatable bonds is 4. The Balaban J connectivity index is 2.08. The largest absolute Gasteiger partial charge is 0.356 e. The summed E-state index contributed by atoms with van der Waals surface area (Å²) in [5.74, 6) is 2.08. The Hall–Kier alpha value is -1.09. The van der Waals surface area contributed by atoms with Crippen LogP contribution in [-0.2, 0) is 6.42 Å². The minimum Gasteiger partial charge on any atom is -0.356 e. The zero-order valence-corrected chi connectivity index (χ0v) is 12.4. The van der Waals surface area contributed by atoms with Gasteiger partial charge < -0.3 is 10.6 Å². The van der Waals surface area contributed by atoms with Crippen molar-refractivity contribution < 1.29 is 0 Å². The van der Waals surface area contributed by atoms with Crippen LogP contribution in [0, 0.1) is 12.8 Å². The van der Waals surface area contributed by atoms with E-state index in [2.05, 4.69) is 29.8 Å². The Morgan fingerprint density at radius 2 is 2.21 bits per heavy atom. The first kappa shape index (κ1) is 14.3. The van der Waals surface area contributed by atoms with Gasteiger partial charge in [-0.05, 0) is 56.2 Å². The predicted molar refractivity (Wildman–Crippen MR) is 81.6 cm³/mol. The molecular formula is C16H27N3. The molecule has 3 heteroatoms. The van der Waals surface area contributed by atoms with Crippen LogP contribution in [0.1, 0.15) is 43.7 Å². The fourth-order valence-corrected chi connectivity index (χ4v) is 3.05. The standard InChI is InChI=1S/C16H27N3/c1-3-14-5-4-9-19(10-7-14)16-13(2)11-15(6-8-17)12-18-16/h11-12,14H,3-10,17H2,1-2H3. The molecule has 0 spiro atoms. The monoisotopic (exact) mass is 261 g/mol. The molecule has 1 fully saturated rings. The Labute approximate surface area is 117 Å². The highest BCUT2D eigenvalue weighted by Crippen LogP contribution is 2.25. The van der Waals surface area contributed by atoms with Crippen LogP contribution in [-0.4, -0.2) is 24.6 Å². The summed E-state index contributed by atoms with van der Waals surface area (Å²) in [5, 5.41) is 0. The van der Waals surface area contributed by atoms with Crippen LogP contribution in [0.5, 0.6) is 0 Å². The Morgan fingerprint density at radius 1 is 1.37 bits per heavy atom. The maximum atomic E-state index is 5.60. The van der Waals surface area contributed by atoms with Crippen LogP contribution >= 0.6 is 0 Å². The molecule has 0 bridgehead atoms. The highest BCUT2D eigenvalue weighted by Gasteiger charge is 2.18. The highest BCUT2D eigenvalue weighted by molar-refractivity contribution is 5.47. The lowest BCUT2D eigenvalue weighted by atomic mass is 9.98. The molecule has 0 amide bonds. The zero-order valence-electron chi connectivity index (χ0n) is 12.4. The molecule has 1 aromatic rings. The van der Waals surface area contributed by atoms with Crippen LogP contribution in [0.3, 0.4) is 0 Å². The van der Waals surface area contributed by atoms with Crippen molar-refractivity contribution in [2.24, 2.45) is 11.7 Å². The van der Waals surface area contributed by atoms with Crippen molar-refractivity contribution in [1.82, 2.24) is 4.98 Å². The minimum absolute atomic E-state index is 0.697. The van der Waals surface area contributed by atoms with E-state index >= 15 is 0 Å². The summed E-state index contributed by atoms with van der Waals surface area (Å²) in [4.78, 5) is 7.15. The topological polar surface area (TPSA) is 42.2 Å². The van der Waals surface area contributed by atoms with Gasteiger partial charge in [0.2, 0.25) is 0 Å². The van der Waals surface area contributed by atoms with Crippen molar-refractivity contribution in [3.63, 3.8) is 0 Å². The lowest BCUT2D eigenvalue weighted by Gasteiger charge is -2.23. The van der Waals surface area contributed by atoms with Gasteiger partial charge in [-0.25, -0.2) is 4.98 Å². The van der Waals surface area contributed by atoms with Crippen molar-refractivity contribution in [3.8, 4) is 0 Å². The Bertz CT molecular complexity index is 403. The smallest absolute Gasteiger partial charge is 0.131 e. The van der Waals surface area contributed by atoms with E-state index in [1.807, 2.05) is 6.20 Å². The maximum absolute atomic E-state index is 5.60. The molecule has 2 rings (SSSR count). The van der Waals surface area contributed by atoms with E-state index in [0.29, 0.717) is 6.54 Å². The molecule has 1 atom stereocenters. The molecule has 0 aliphatic carbocycles. The van der Waals surface area contributed by atoms with E-state index < -0.39 is 0 Å². The van der Waals surface area contributed by atoms with Gasteiger partial charge in [0, 0.05) is 19.3 Å². The summed E-state index contributed by atoms with van der Waals surface area (Å²) in [6.45, 7) is 7.49. The summed E-state index contributed by atoms with van der Waals surface area (Å²) in [6, 6.07) is 2.25. The van der Waals surface area contributed by atoms with Gasteiger partial charge in [0.15, 0.2) is 0 Å². The molecule has 2 N–H and O–H groups in total. The first-order chi connectivity index (χ1) is 9.24. The fraction of sp³-hybridized carbons (Fsp3) is 0.688. The Kier molecular flexibility index (Phi) is 5.20. The second-order valence-electron chi connectivity index (χ2n) is 5.71. The summed E-state index contributed by atoms with van der Waals surface area (Å²) in [6.07, 6.45) is 8.21. The van der Waals surface area contributed by atoms with Gasteiger partial charge in [0.1, 0.15) is 5.82 Å². The second-order valence-corrected chi connectivity index (χ2v) is 5.71. The van der Waals surface area contributed by atoms with Gasteiger partial charge in [-0.1, -0.05) is 19.4 Å². The normalized spacial score (nSPS) is 20.4. The van der Waals surface area contributed by atoms with Crippen molar-refractivity contribution in [2.45, 2.75) is 46.0 Å². The average Bonchev–Trinajstić information content (AvgIpc) is 2.64. The molecule has 0 radical (unpaired) electrons. The van der Waals surface area contributed by atoms with Crippen molar-refractivity contribution >= 4 is 5.82 Å². The fourth-order valence-electron chi connectivity index (χ4n) is 3.05.